The Morgan fingerprint density at radius 3 is 2.57 bits per heavy atom. The molecular formula is C18H27N3O2. The summed E-state index contributed by atoms with van der Waals surface area (Å²) in [6, 6.07) is 7.63. The van der Waals surface area contributed by atoms with Crippen LogP contribution in [0.25, 0.3) is 0 Å². The third-order valence-electron chi connectivity index (χ3n) is 4.53. The van der Waals surface area contributed by atoms with E-state index in [4.69, 9.17) is 0 Å². The zero-order valence-electron chi connectivity index (χ0n) is 14.3. The minimum absolute atomic E-state index is 0.0190. The normalized spacial score (nSPS) is 19.9. The van der Waals surface area contributed by atoms with Crippen molar-refractivity contribution in [1.82, 2.24) is 10.2 Å². The molecule has 0 unspecified atom stereocenters. The fourth-order valence-electron chi connectivity index (χ4n) is 3.10. The van der Waals surface area contributed by atoms with Gasteiger partial charge >= 0.3 is 6.03 Å². The van der Waals surface area contributed by atoms with Gasteiger partial charge in [-0.3, -0.25) is 9.69 Å². The number of Topliss-reactive ketones (excluding diaryl/α,β-unsaturated/α-hetero) is 1. The summed E-state index contributed by atoms with van der Waals surface area (Å²) < 4.78 is 0. The Labute approximate surface area is 138 Å². The van der Waals surface area contributed by atoms with Crippen molar-refractivity contribution in [3.05, 3.63) is 29.8 Å². The third kappa shape index (κ3) is 5.06. The minimum atomic E-state index is -0.211. The molecular weight excluding hydrogens is 290 g/mol. The Hall–Kier alpha value is -1.88. The first-order valence-electron chi connectivity index (χ1n) is 8.39. The molecule has 0 aliphatic carbocycles. The number of urea groups is 1. The molecule has 2 amide bonds. The highest BCUT2D eigenvalue weighted by molar-refractivity contribution is 5.95. The molecule has 1 aromatic rings. The molecule has 1 aliphatic heterocycles. The van der Waals surface area contributed by atoms with E-state index in [1.165, 1.54) is 26.2 Å². The molecule has 1 aliphatic rings. The number of ketones is 1. The summed E-state index contributed by atoms with van der Waals surface area (Å²) in [5.41, 5.74) is 1.33. The van der Waals surface area contributed by atoms with E-state index in [9.17, 15) is 9.59 Å². The highest BCUT2D eigenvalue weighted by Gasteiger charge is 2.23. The van der Waals surface area contributed by atoms with E-state index >= 15 is 0 Å². The standard InChI is InChI=1S/C18H27N3O2/c1-13-6-4-5-11-21(13)14(2)12-19-18(23)20-17-9-7-16(8-10-17)15(3)22/h7-10,13-14H,4-6,11-12H2,1-3H3,(H2,19,20,23)/t13-,14-/m1/s1. The lowest BCUT2D eigenvalue weighted by molar-refractivity contribution is 0.101. The largest absolute Gasteiger partial charge is 0.336 e. The van der Waals surface area contributed by atoms with Gasteiger partial charge in [0.2, 0.25) is 0 Å². The van der Waals surface area contributed by atoms with Crippen LogP contribution in [-0.4, -0.2) is 41.9 Å². The Kier molecular flexibility index (Phi) is 6.16. The van der Waals surface area contributed by atoms with Crippen molar-refractivity contribution in [2.75, 3.05) is 18.4 Å². The van der Waals surface area contributed by atoms with Crippen LogP contribution in [0.5, 0.6) is 0 Å². The van der Waals surface area contributed by atoms with E-state index in [0.717, 1.165) is 6.54 Å². The Bertz CT molecular complexity index is 542. The quantitative estimate of drug-likeness (QED) is 0.819. The number of rotatable bonds is 5. The maximum Gasteiger partial charge on any atom is 0.319 e. The minimum Gasteiger partial charge on any atom is -0.336 e. The molecule has 0 bridgehead atoms. The molecule has 23 heavy (non-hydrogen) atoms. The molecule has 2 atom stereocenters. The predicted molar refractivity (Wildman–Crippen MR) is 92.9 cm³/mol. The van der Waals surface area contributed by atoms with Crippen molar-refractivity contribution >= 4 is 17.5 Å². The summed E-state index contributed by atoms with van der Waals surface area (Å²) in [4.78, 5) is 25.7. The average Bonchev–Trinajstić information content (AvgIpc) is 2.53. The molecule has 0 aromatic heterocycles. The number of anilines is 1. The van der Waals surface area contributed by atoms with Crippen LogP contribution in [0.15, 0.2) is 24.3 Å². The number of likely N-dealkylation sites (tertiary alicyclic amines) is 1. The lowest BCUT2D eigenvalue weighted by Gasteiger charge is -2.38. The second-order valence-electron chi connectivity index (χ2n) is 6.40. The topological polar surface area (TPSA) is 61.4 Å². The summed E-state index contributed by atoms with van der Waals surface area (Å²) in [6.07, 6.45) is 3.77. The number of carbonyl (C=O) groups is 2. The van der Waals surface area contributed by atoms with Gasteiger partial charge in [-0.15, -0.1) is 0 Å². The number of amides is 2. The third-order valence-corrected chi connectivity index (χ3v) is 4.53. The number of hydrogen-bond donors (Lipinski definition) is 2. The van der Waals surface area contributed by atoms with Crippen molar-refractivity contribution in [3.63, 3.8) is 0 Å². The van der Waals surface area contributed by atoms with Crippen molar-refractivity contribution in [2.45, 2.75) is 52.1 Å². The maximum absolute atomic E-state index is 12.0. The lowest BCUT2D eigenvalue weighted by atomic mass is 10.0. The van der Waals surface area contributed by atoms with E-state index in [-0.39, 0.29) is 11.8 Å². The summed E-state index contributed by atoms with van der Waals surface area (Å²) in [5, 5.41) is 5.73. The van der Waals surface area contributed by atoms with Crippen LogP contribution in [0.3, 0.4) is 0 Å². The molecule has 5 nitrogen and oxygen atoms in total. The molecule has 1 saturated heterocycles. The molecule has 0 saturated carbocycles. The fourth-order valence-corrected chi connectivity index (χ4v) is 3.10. The molecule has 1 aromatic carbocycles. The maximum atomic E-state index is 12.0. The zero-order valence-corrected chi connectivity index (χ0v) is 14.3. The second-order valence-corrected chi connectivity index (χ2v) is 6.40. The van der Waals surface area contributed by atoms with Crippen molar-refractivity contribution in [3.8, 4) is 0 Å². The SMILES string of the molecule is CC(=O)c1ccc(NC(=O)NC[C@@H](C)N2CCCC[C@H]2C)cc1. The van der Waals surface area contributed by atoms with Crippen molar-refractivity contribution < 1.29 is 9.59 Å². The zero-order chi connectivity index (χ0) is 16.8. The number of benzene rings is 1. The van der Waals surface area contributed by atoms with Crippen LogP contribution < -0.4 is 10.6 Å². The first kappa shape index (κ1) is 17.5. The van der Waals surface area contributed by atoms with E-state index in [1.807, 2.05) is 0 Å². The van der Waals surface area contributed by atoms with Gasteiger partial charge in [0.15, 0.2) is 5.78 Å². The van der Waals surface area contributed by atoms with Crippen LogP contribution in [-0.2, 0) is 0 Å². The number of hydrogen-bond acceptors (Lipinski definition) is 3. The van der Waals surface area contributed by atoms with Crippen molar-refractivity contribution in [2.24, 2.45) is 0 Å². The highest BCUT2D eigenvalue weighted by atomic mass is 16.2. The van der Waals surface area contributed by atoms with Gasteiger partial charge in [0, 0.05) is 29.9 Å². The second kappa shape index (κ2) is 8.11. The van der Waals surface area contributed by atoms with Gasteiger partial charge in [-0.2, -0.15) is 0 Å². The Morgan fingerprint density at radius 2 is 1.96 bits per heavy atom. The first-order chi connectivity index (χ1) is 11.0. The van der Waals surface area contributed by atoms with Crippen LogP contribution in [0.1, 0.15) is 50.4 Å². The van der Waals surface area contributed by atoms with Gasteiger partial charge in [0.1, 0.15) is 0 Å². The Morgan fingerprint density at radius 1 is 1.26 bits per heavy atom. The van der Waals surface area contributed by atoms with E-state index in [2.05, 4.69) is 29.4 Å². The number of nitrogens with one attached hydrogen (secondary N) is 2. The monoisotopic (exact) mass is 317 g/mol. The van der Waals surface area contributed by atoms with Gasteiger partial charge in [-0.1, -0.05) is 6.42 Å². The van der Waals surface area contributed by atoms with E-state index in [1.54, 1.807) is 24.3 Å². The molecule has 0 radical (unpaired) electrons. The number of nitrogens with zero attached hydrogens (tertiary/aromatic N) is 1. The van der Waals surface area contributed by atoms with Crippen LogP contribution in [0.2, 0.25) is 0 Å². The molecule has 0 spiro atoms. The predicted octanol–water partition coefficient (Wildman–Crippen LogP) is 3.27. The fraction of sp³-hybridized carbons (Fsp3) is 0.556. The summed E-state index contributed by atoms with van der Waals surface area (Å²) in [7, 11) is 0. The Balaban J connectivity index is 1.79. The molecule has 5 heteroatoms. The number of piperidine rings is 1. The smallest absolute Gasteiger partial charge is 0.319 e. The van der Waals surface area contributed by atoms with Crippen molar-refractivity contribution in [1.29, 1.82) is 0 Å². The van der Waals surface area contributed by atoms with Gasteiger partial charge in [-0.25, -0.2) is 4.79 Å². The summed E-state index contributed by atoms with van der Waals surface area (Å²) in [5.74, 6) is 0.0190. The van der Waals surface area contributed by atoms with Gasteiger partial charge < -0.3 is 10.6 Å². The molecule has 1 heterocycles. The van der Waals surface area contributed by atoms with Crippen LogP contribution >= 0.6 is 0 Å². The average molecular weight is 317 g/mol. The molecule has 2 rings (SSSR count). The van der Waals surface area contributed by atoms with E-state index < -0.39 is 0 Å². The summed E-state index contributed by atoms with van der Waals surface area (Å²) in [6.45, 7) is 7.67. The lowest BCUT2D eigenvalue weighted by Crippen LogP contribution is -2.49. The van der Waals surface area contributed by atoms with Crippen LogP contribution in [0.4, 0.5) is 10.5 Å². The number of carbonyl (C=O) groups excluding carboxylic acids is 2. The van der Waals surface area contributed by atoms with Crippen LogP contribution in [0, 0.1) is 0 Å². The molecule has 2 N–H and O–H groups in total. The first-order valence-corrected chi connectivity index (χ1v) is 8.39. The van der Waals surface area contributed by atoms with E-state index in [0.29, 0.717) is 29.9 Å². The van der Waals surface area contributed by atoms with Gasteiger partial charge in [-0.05, 0) is 64.4 Å². The molecule has 1 fully saturated rings. The van der Waals surface area contributed by atoms with Gasteiger partial charge in [0.25, 0.3) is 0 Å². The molecule has 126 valence electrons. The highest BCUT2D eigenvalue weighted by Crippen LogP contribution is 2.18. The van der Waals surface area contributed by atoms with Gasteiger partial charge in [0.05, 0.1) is 0 Å². The summed E-state index contributed by atoms with van der Waals surface area (Å²) >= 11 is 0.